The SMILES string of the molecule is COc1ccc(C(=O)COC(=O)c2nc3nc(C)cc(C)n3n2)c(OC)c1. The normalized spacial score (nSPS) is 10.7. The molecule has 0 unspecified atom stereocenters. The highest BCUT2D eigenvalue weighted by molar-refractivity contribution is 6.01. The van der Waals surface area contributed by atoms with E-state index in [4.69, 9.17) is 14.2 Å². The summed E-state index contributed by atoms with van der Waals surface area (Å²) in [7, 11) is 2.95. The molecule has 0 saturated carbocycles. The number of fused-ring (bicyclic) bond motifs is 1. The standard InChI is InChI=1S/C18H18N4O5/c1-10-7-11(2)22-18(19-10)20-16(21-22)17(24)27-9-14(23)13-6-5-12(25-3)8-15(13)26-4/h5-8H,9H2,1-4H3. The van der Waals surface area contributed by atoms with E-state index in [1.807, 2.05) is 19.9 Å². The lowest BCUT2D eigenvalue weighted by atomic mass is 10.1. The molecule has 2 aromatic heterocycles. The van der Waals surface area contributed by atoms with Crippen molar-refractivity contribution in [3.05, 3.63) is 47.0 Å². The van der Waals surface area contributed by atoms with Gasteiger partial charge in [0.25, 0.3) is 11.6 Å². The van der Waals surface area contributed by atoms with E-state index in [0.29, 0.717) is 17.3 Å². The lowest BCUT2D eigenvalue weighted by molar-refractivity contribution is 0.0462. The number of aromatic nitrogens is 4. The first-order valence-corrected chi connectivity index (χ1v) is 8.06. The summed E-state index contributed by atoms with van der Waals surface area (Å²) in [4.78, 5) is 32.8. The fourth-order valence-corrected chi connectivity index (χ4v) is 2.56. The average molecular weight is 370 g/mol. The Labute approximate surface area is 154 Å². The maximum Gasteiger partial charge on any atom is 0.378 e. The molecule has 3 rings (SSSR count). The molecular weight excluding hydrogens is 352 g/mol. The van der Waals surface area contributed by atoms with Crippen LogP contribution in [0.4, 0.5) is 0 Å². The molecule has 0 amide bonds. The molecule has 0 aliphatic carbocycles. The van der Waals surface area contributed by atoms with Crippen LogP contribution in [0.3, 0.4) is 0 Å². The van der Waals surface area contributed by atoms with Crippen LogP contribution in [0.15, 0.2) is 24.3 Å². The van der Waals surface area contributed by atoms with Gasteiger partial charge in [-0.05, 0) is 32.0 Å². The topological polar surface area (TPSA) is 105 Å². The Balaban J connectivity index is 1.74. The zero-order chi connectivity index (χ0) is 19.6. The van der Waals surface area contributed by atoms with Gasteiger partial charge in [-0.2, -0.15) is 4.98 Å². The quantitative estimate of drug-likeness (QED) is 0.478. The second-order valence-electron chi connectivity index (χ2n) is 5.75. The second kappa shape index (κ2) is 7.40. The Morgan fingerprint density at radius 3 is 2.56 bits per heavy atom. The van der Waals surface area contributed by atoms with Gasteiger partial charge >= 0.3 is 5.97 Å². The van der Waals surface area contributed by atoms with E-state index in [1.165, 1.54) is 18.7 Å². The maximum atomic E-state index is 12.4. The van der Waals surface area contributed by atoms with Crippen LogP contribution in [0.5, 0.6) is 11.5 Å². The third-order valence-corrected chi connectivity index (χ3v) is 3.84. The van der Waals surface area contributed by atoms with Crippen molar-refractivity contribution in [2.24, 2.45) is 0 Å². The van der Waals surface area contributed by atoms with Crippen molar-refractivity contribution in [3.63, 3.8) is 0 Å². The Morgan fingerprint density at radius 2 is 1.85 bits per heavy atom. The molecule has 3 aromatic rings. The molecule has 2 heterocycles. The van der Waals surface area contributed by atoms with Gasteiger partial charge in [0.05, 0.1) is 19.8 Å². The molecule has 27 heavy (non-hydrogen) atoms. The molecule has 0 aliphatic rings. The summed E-state index contributed by atoms with van der Waals surface area (Å²) in [5.74, 6) is -0.215. The number of Topliss-reactive ketones (excluding diaryl/α,β-unsaturated/α-hetero) is 1. The number of carbonyl (C=O) groups excluding carboxylic acids is 2. The molecule has 9 nitrogen and oxygen atoms in total. The number of ether oxygens (including phenoxy) is 3. The molecule has 0 atom stereocenters. The summed E-state index contributed by atoms with van der Waals surface area (Å²) < 4.78 is 16.8. The van der Waals surface area contributed by atoms with Gasteiger partial charge in [-0.3, -0.25) is 4.79 Å². The smallest absolute Gasteiger partial charge is 0.378 e. The van der Waals surface area contributed by atoms with Crippen molar-refractivity contribution in [3.8, 4) is 11.5 Å². The molecule has 0 saturated heterocycles. The lowest BCUT2D eigenvalue weighted by Crippen LogP contribution is -2.16. The van der Waals surface area contributed by atoms with Crippen LogP contribution in [0.1, 0.15) is 32.4 Å². The monoisotopic (exact) mass is 370 g/mol. The Hall–Kier alpha value is -3.49. The minimum Gasteiger partial charge on any atom is -0.497 e. The van der Waals surface area contributed by atoms with Crippen LogP contribution in [-0.4, -0.2) is 52.2 Å². The van der Waals surface area contributed by atoms with E-state index in [0.717, 1.165) is 11.4 Å². The first kappa shape index (κ1) is 18.3. The third-order valence-electron chi connectivity index (χ3n) is 3.84. The van der Waals surface area contributed by atoms with Crippen LogP contribution in [0.25, 0.3) is 5.78 Å². The second-order valence-corrected chi connectivity index (χ2v) is 5.75. The van der Waals surface area contributed by atoms with Crippen LogP contribution >= 0.6 is 0 Å². The lowest BCUT2D eigenvalue weighted by Gasteiger charge is -2.09. The van der Waals surface area contributed by atoms with Gasteiger partial charge in [-0.15, -0.1) is 5.10 Å². The van der Waals surface area contributed by atoms with E-state index >= 15 is 0 Å². The van der Waals surface area contributed by atoms with Gasteiger partial charge in [0, 0.05) is 17.5 Å². The van der Waals surface area contributed by atoms with E-state index < -0.39 is 18.4 Å². The van der Waals surface area contributed by atoms with Crippen molar-refractivity contribution in [2.75, 3.05) is 20.8 Å². The summed E-state index contributed by atoms with van der Waals surface area (Å²) in [5.41, 5.74) is 1.82. The molecule has 0 N–H and O–H groups in total. The number of nitrogens with zero attached hydrogens (tertiary/aromatic N) is 4. The highest BCUT2D eigenvalue weighted by atomic mass is 16.5. The molecule has 9 heteroatoms. The van der Waals surface area contributed by atoms with Gasteiger partial charge in [0.2, 0.25) is 5.78 Å². The van der Waals surface area contributed by atoms with E-state index in [9.17, 15) is 9.59 Å². The van der Waals surface area contributed by atoms with Crippen molar-refractivity contribution in [1.29, 1.82) is 0 Å². The Morgan fingerprint density at radius 1 is 1.07 bits per heavy atom. The maximum absolute atomic E-state index is 12.4. The van der Waals surface area contributed by atoms with Gasteiger partial charge in [-0.1, -0.05) is 0 Å². The first-order chi connectivity index (χ1) is 12.9. The number of benzene rings is 1. The van der Waals surface area contributed by atoms with Crippen LogP contribution in [0, 0.1) is 13.8 Å². The van der Waals surface area contributed by atoms with Gasteiger partial charge in [-0.25, -0.2) is 14.3 Å². The predicted octanol–water partition coefficient (Wildman–Crippen LogP) is 1.80. The molecule has 1 aromatic carbocycles. The summed E-state index contributed by atoms with van der Waals surface area (Å²) in [6, 6.07) is 6.57. The molecule has 0 radical (unpaired) electrons. The summed E-state index contributed by atoms with van der Waals surface area (Å²) >= 11 is 0. The van der Waals surface area contributed by atoms with Crippen LogP contribution in [-0.2, 0) is 4.74 Å². The minimum absolute atomic E-state index is 0.161. The zero-order valence-electron chi connectivity index (χ0n) is 15.3. The van der Waals surface area contributed by atoms with Crippen molar-refractivity contribution in [1.82, 2.24) is 19.6 Å². The number of carbonyl (C=O) groups is 2. The van der Waals surface area contributed by atoms with Crippen molar-refractivity contribution < 1.29 is 23.8 Å². The number of hydrogen-bond donors (Lipinski definition) is 0. The number of hydrogen-bond acceptors (Lipinski definition) is 8. The summed E-state index contributed by atoms with van der Waals surface area (Å²) in [6.07, 6.45) is 0. The highest BCUT2D eigenvalue weighted by Gasteiger charge is 2.20. The Bertz CT molecular complexity index is 1030. The highest BCUT2D eigenvalue weighted by Crippen LogP contribution is 2.25. The van der Waals surface area contributed by atoms with E-state index in [-0.39, 0.29) is 11.4 Å². The molecular formula is C18H18N4O5. The van der Waals surface area contributed by atoms with Gasteiger partial charge < -0.3 is 14.2 Å². The van der Waals surface area contributed by atoms with Crippen LogP contribution < -0.4 is 9.47 Å². The third kappa shape index (κ3) is 3.71. The average Bonchev–Trinajstić information content (AvgIpc) is 3.09. The molecule has 0 bridgehead atoms. The predicted molar refractivity (Wildman–Crippen MR) is 94.4 cm³/mol. The molecule has 0 fully saturated rings. The molecule has 140 valence electrons. The summed E-state index contributed by atoms with van der Waals surface area (Å²) in [6.45, 7) is 3.17. The number of rotatable bonds is 6. The fraction of sp³-hybridized carbons (Fsp3) is 0.278. The van der Waals surface area contributed by atoms with Crippen LogP contribution in [0.2, 0.25) is 0 Å². The van der Waals surface area contributed by atoms with Gasteiger partial charge in [0.15, 0.2) is 6.61 Å². The van der Waals surface area contributed by atoms with E-state index in [2.05, 4.69) is 15.1 Å². The number of ketones is 1. The Kier molecular flexibility index (Phi) is 5.02. The number of esters is 1. The summed E-state index contributed by atoms with van der Waals surface area (Å²) in [5, 5.41) is 4.08. The number of aryl methyl sites for hydroxylation is 2. The van der Waals surface area contributed by atoms with E-state index in [1.54, 1.807) is 18.2 Å². The fourth-order valence-electron chi connectivity index (χ4n) is 2.56. The van der Waals surface area contributed by atoms with Gasteiger partial charge in [0.1, 0.15) is 11.5 Å². The first-order valence-electron chi connectivity index (χ1n) is 8.06. The number of methoxy groups -OCH3 is 2. The molecule has 0 spiro atoms. The van der Waals surface area contributed by atoms with Crippen molar-refractivity contribution >= 4 is 17.5 Å². The minimum atomic E-state index is -0.807. The largest absolute Gasteiger partial charge is 0.497 e. The van der Waals surface area contributed by atoms with Crippen molar-refractivity contribution in [2.45, 2.75) is 13.8 Å². The zero-order valence-corrected chi connectivity index (χ0v) is 15.3. The molecule has 0 aliphatic heterocycles.